The second-order valence-electron chi connectivity index (χ2n) is 3.33. The van der Waals surface area contributed by atoms with E-state index in [-0.39, 0.29) is 6.04 Å². The summed E-state index contributed by atoms with van der Waals surface area (Å²) in [6.45, 7) is 2.72. The van der Waals surface area contributed by atoms with Crippen LogP contribution in [-0.2, 0) is 0 Å². The van der Waals surface area contributed by atoms with Gasteiger partial charge in [-0.05, 0) is 30.5 Å². The zero-order chi connectivity index (χ0) is 9.26. The van der Waals surface area contributed by atoms with Crippen LogP contribution in [0.2, 0.25) is 0 Å². The summed E-state index contributed by atoms with van der Waals surface area (Å²) >= 11 is 0. The Hall–Kier alpha value is -1.38. The molecule has 0 radical (unpaired) electrons. The van der Waals surface area contributed by atoms with Gasteiger partial charge in [0.15, 0.2) is 0 Å². The Morgan fingerprint density at radius 1 is 1.46 bits per heavy atom. The van der Waals surface area contributed by atoms with Crippen molar-refractivity contribution in [2.75, 3.05) is 6.54 Å². The fourth-order valence-corrected chi connectivity index (χ4v) is 1.51. The van der Waals surface area contributed by atoms with Crippen LogP contribution in [0.15, 0.2) is 28.4 Å². The molecule has 0 spiro atoms. The number of hydrogen-bond donors (Lipinski definition) is 1. The van der Waals surface area contributed by atoms with Crippen molar-refractivity contribution in [1.82, 2.24) is 0 Å². The Labute approximate surface area is 77.1 Å². The summed E-state index contributed by atoms with van der Waals surface area (Å²) in [7, 11) is 0. The molecule has 3 nitrogen and oxygen atoms in total. The lowest BCUT2D eigenvalue weighted by Gasteiger charge is -2.07. The Morgan fingerprint density at radius 2 is 2.31 bits per heavy atom. The van der Waals surface area contributed by atoms with E-state index in [2.05, 4.69) is 10.2 Å². The van der Waals surface area contributed by atoms with Crippen LogP contribution >= 0.6 is 0 Å². The molecule has 0 aromatic heterocycles. The summed E-state index contributed by atoms with van der Waals surface area (Å²) in [4.78, 5) is 0. The molecular weight excluding hydrogens is 164 g/mol. The molecule has 1 atom stereocenters. The normalized spacial score (nSPS) is 20.8. The highest BCUT2D eigenvalue weighted by Gasteiger charge is 2.14. The summed E-state index contributed by atoms with van der Waals surface area (Å²) in [6.07, 6.45) is 0.990. The summed E-state index contributed by atoms with van der Waals surface area (Å²) in [5.74, 6) is 0.346. The van der Waals surface area contributed by atoms with Gasteiger partial charge in [-0.1, -0.05) is 12.1 Å². The highest BCUT2D eigenvalue weighted by molar-refractivity contribution is 5.36. The van der Waals surface area contributed by atoms with Crippen LogP contribution in [0.5, 0.6) is 5.75 Å². The van der Waals surface area contributed by atoms with Crippen LogP contribution in [0.25, 0.3) is 0 Å². The Balaban J connectivity index is 2.30. The molecule has 1 N–H and O–H groups in total. The number of nitrogens with zero attached hydrogens (tertiary/aromatic N) is 2. The van der Waals surface area contributed by atoms with Gasteiger partial charge >= 0.3 is 0 Å². The van der Waals surface area contributed by atoms with Gasteiger partial charge in [-0.3, -0.25) is 0 Å². The molecule has 0 amide bonds. The molecule has 1 heterocycles. The number of phenolic OH excluding ortho intramolecular Hbond substituents is 1. The molecule has 0 saturated heterocycles. The van der Waals surface area contributed by atoms with E-state index in [1.54, 1.807) is 6.07 Å². The van der Waals surface area contributed by atoms with Crippen LogP contribution in [0, 0.1) is 6.92 Å². The van der Waals surface area contributed by atoms with Gasteiger partial charge in [-0.2, -0.15) is 10.2 Å². The van der Waals surface area contributed by atoms with Gasteiger partial charge < -0.3 is 5.11 Å². The van der Waals surface area contributed by atoms with Crippen LogP contribution in [0.3, 0.4) is 0 Å². The minimum absolute atomic E-state index is 0.208. The molecule has 1 aliphatic heterocycles. The summed E-state index contributed by atoms with van der Waals surface area (Å²) in [6, 6.07) is 5.82. The lowest BCUT2D eigenvalue weighted by molar-refractivity contribution is 0.470. The summed E-state index contributed by atoms with van der Waals surface area (Å²) in [5, 5.41) is 17.4. The predicted octanol–water partition coefficient (Wildman–Crippen LogP) is 2.60. The first-order chi connectivity index (χ1) is 6.27. The van der Waals surface area contributed by atoms with Crippen molar-refractivity contribution in [2.24, 2.45) is 10.2 Å². The summed E-state index contributed by atoms with van der Waals surface area (Å²) in [5.41, 5.74) is 2.05. The minimum Gasteiger partial charge on any atom is -0.508 e. The maximum absolute atomic E-state index is 9.33. The molecule has 0 saturated carbocycles. The molecule has 1 aromatic rings. The second-order valence-corrected chi connectivity index (χ2v) is 3.33. The molecule has 0 fully saturated rings. The first-order valence-corrected chi connectivity index (χ1v) is 4.43. The van der Waals surface area contributed by atoms with E-state index in [4.69, 9.17) is 0 Å². The van der Waals surface area contributed by atoms with Gasteiger partial charge in [0.25, 0.3) is 0 Å². The third-order valence-electron chi connectivity index (χ3n) is 2.33. The van der Waals surface area contributed by atoms with Crippen molar-refractivity contribution in [3.8, 4) is 5.75 Å². The lowest BCUT2D eigenvalue weighted by atomic mass is 10.0. The number of aromatic hydroxyl groups is 1. The number of benzene rings is 1. The minimum atomic E-state index is 0.208. The fraction of sp³-hybridized carbons (Fsp3) is 0.400. The number of aryl methyl sites for hydroxylation is 1. The first kappa shape index (κ1) is 8.23. The van der Waals surface area contributed by atoms with E-state index in [9.17, 15) is 5.11 Å². The molecule has 13 heavy (non-hydrogen) atoms. The topological polar surface area (TPSA) is 45.0 Å². The van der Waals surface area contributed by atoms with Crippen LogP contribution in [0.4, 0.5) is 0 Å². The molecule has 3 heteroatoms. The van der Waals surface area contributed by atoms with Crippen molar-refractivity contribution in [2.45, 2.75) is 19.4 Å². The molecular formula is C10H12N2O. The van der Waals surface area contributed by atoms with Crippen molar-refractivity contribution >= 4 is 0 Å². The van der Waals surface area contributed by atoms with Crippen molar-refractivity contribution in [3.63, 3.8) is 0 Å². The largest absolute Gasteiger partial charge is 0.508 e. The molecule has 2 rings (SSSR count). The fourth-order valence-electron chi connectivity index (χ4n) is 1.51. The summed E-state index contributed by atoms with van der Waals surface area (Å²) < 4.78 is 0. The highest BCUT2D eigenvalue weighted by atomic mass is 16.3. The lowest BCUT2D eigenvalue weighted by Crippen LogP contribution is -1.92. The standard InChI is InChI=1S/C10H12N2O/c1-7-6-8(2-3-10(7)13)9-4-5-11-12-9/h2-3,6,9,13H,4-5H2,1H3. The number of phenols is 1. The average Bonchev–Trinajstić information content (AvgIpc) is 2.62. The van der Waals surface area contributed by atoms with Gasteiger partial charge in [-0.25, -0.2) is 0 Å². The van der Waals surface area contributed by atoms with E-state index < -0.39 is 0 Å². The molecule has 0 bridgehead atoms. The van der Waals surface area contributed by atoms with Crippen LogP contribution < -0.4 is 0 Å². The van der Waals surface area contributed by atoms with Gasteiger partial charge in [0.05, 0.1) is 12.6 Å². The number of rotatable bonds is 1. The maximum Gasteiger partial charge on any atom is 0.118 e. The number of azo groups is 1. The van der Waals surface area contributed by atoms with Crippen LogP contribution in [-0.4, -0.2) is 11.7 Å². The third kappa shape index (κ3) is 1.54. The van der Waals surface area contributed by atoms with Crippen molar-refractivity contribution < 1.29 is 5.11 Å². The Kier molecular flexibility index (Phi) is 2.00. The van der Waals surface area contributed by atoms with Crippen molar-refractivity contribution in [3.05, 3.63) is 29.3 Å². The zero-order valence-corrected chi connectivity index (χ0v) is 7.57. The molecule has 1 aliphatic rings. The Bertz CT molecular complexity index is 347. The average molecular weight is 176 g/mol. The third-order valence-corrected chi connectivity index (χ3v) is 2.33. The maximum atomic E-state index is 9.33. The molecule has 68 valence electrons. The molecule has 1 unspecified atom stereocenters. The monoisotopic (exact) mass is 176 g/mol. The second kappa shape index (κ2) is 3.17. The van der Waals surface area contributed by atoms with Crippen LogP contribution in [0.1, 0.15) is 23.6 Å². The molecule has 0 aliphatic carbocycles. The van der Waals surface area contributed by atoms with Gasteiger partial charge in [0, 0.05) is 0 Å². The smallest absolute Gasteiger partial charge is 0.118 e. The van der Waals surface area contributed by atoms with E-state index in [1.165, 1.54) is 0 Å². The van der Waals surface area contributed by atoms with Crippen molar-refractivity contribution in [1.29, 1.82) is 0 Å². The van der Waals surface area contributed by atoms with E-state index >= 15 is 0 Å². The van der Waals surface area contributed by atoms with Gasteiger partial charge in [0.2, 0.25) is 0 Å². The predicted molar refractivity (Wildman–Crippen MR) is 49.9 cm³/mol. The quantitative estimate of drug-likeness (QED) is 0.702. The SMILES string of the molecule is Cc1cc(C2CCN=N2)ccc1O. The van der Waals surface area contributed by atoms with E-state index in [1.807, 2.05) is 19.1 Å². The zero-order valence-electron chi connectivity index (χ0n) is 7.57. The Morgan fingerprint density at radius 3 is 2.92 bits per heavy atom. The first-order valence-electron chi connectivity index (χ1n) is 4.43. The highest BCUT2D eigenvalue weighted by Crippen LogP contribution is 2.28. The number of hydrogen-bond acceptors (Lipinski definition) is 3. The molecule has 1 aromatic carbocycles. The van der Waals surface area contributed by atoms with E-state index in [0.29, 0.717) is 5.75 Å². The van der Waals surface area contributed by atoms with E-state index in [0.717, 1.165) is 24.1 Å². The van der Waals surface area contributed by atoms with Gasteiger partial charge in [-0.15, -0.1) is 0 Å². The van der Waals surface area contributed by atoms with Gasteiger partial charge in [0.1, 0.15) is 5.75 Å².